The highest BCUT2D eigenvalue weighted by Gasteiger charge is 2.15. The van der Waals surface area contributed by atoms with E-state index in [0.29, 0.717) is 11.8 Å². The number of hydrogen-bond donors (Lipinski definition) is 1. The van der Waals surface area contributed by atoms with Gasteiger partial charge in [0.2, 0.25) is 11.8 Å². The normalized spacial score (nSPS) is 10.7. The first-order valence-corrected chi connectivity index (χ1v) is 7.73. The number of aromatic nitrogens is 2. The van der Waals surface area contributed by atoms with Gasteiger partial charge >= 0.3 is 0 Å². The fourth-order valence-electron chi connectivity index (χ4n) is 2.13. The fraction of sp³-hybridized carbons (Fsp3) is 0.118. The third kappa shape index (κ3) is 4.00. The first-order valence-electron chi connectivity index (χ1n) is 7.35. The van der Waals surface area contributed by atoms with Gasteiger partial charge < -0.3 is 9.73 Å². The molecule has 8 heteroatoms. The third-order valence-electron chi connectivity index (χ3n) is 3.37. The second-order valence-electron chi connectivity index (χ2n) is 5.12. The number of halogens is 3. The molecule has 0 atom stereocenters. The van der Waals surface area contributed by atoms with Crippen LogP contribution in [0, 0.1) is 11.6 Å². The SMILES string of the molecule is O=C(NCCc1nnc(-c2ccccc2)o1)c1cc(F)c(F)cc1Cl. The van der Waals surface area contributed by atoms with Crippen molar-refractivity contribution in [3.8, 4) is 11.5 Å². The molecule has 3 rings (SSSR count). The number of nitrogens with zero attached hydrogens (tertiary/aromatic N) is 2. The lowest BCUT2D eigenvalue weighted by Gasteiger charge is -2.06. The summed E-state index contributed by atoms with van der Waals surface area (Å²) in [6.07, 6.45) is 0.285. The van der Waals surface area contributed by atoms with Crippen molar-refractivity contribution in [3.05, 3.63) is 70.6 Å². The van der Waals surface area contributed by atoms with Gasteiger partial charge in [0, 0.05) is 18.5 Å². The molecule has 0 bridgehead atoms. The molecule has 0 fully saturated rings. The minimum absolute atomic E-state index is 0.143. The number of carbonyl (C=O) groups excluding carboxylic acids is 1. The summed E-state index contributed by atoms with van der Waals surface area (Å²) in [5.74, 6) is -2.15. The minimum Gasteiger partial charge on any atom is -0.421 e. The van der Waals surface area contributed by atoms with E-state index < -0.39 is 17.5 Å². The lowest BCUT2D eigenvalue weighted by atomic mass is 10.2. The van der Waals surface area contributed by atoms with E-state index in [1.807, 2.05) is 30.3 Å². The predicted molar refractivity (Wildman–Crippen MR) is 87.1 cm³/mol. The van der Waals surface area contributed by atoms with Crippen molar-refractivity contribution in [2.75, 3.05) is 6.54 Å². The molecule has 0 spiro atoms. The van der Waals surface area contributed by atoms with Crippen LogP contribution in [0.15, 0.2) is 46.9 Å². The van der Waals surface area contributed by atoms with Crippen molar-refractivity contribution in [2.24, 2.45) is 0 Å². The van der Waals surface area contributed by atoms with Gasteiger partial charge in [-0.25, -0.2) is 8.78 Å². The Morgan fingerprint density at radius 2 is 1.84 bits per heavy atom. The fourth-order valence-corrected chi connectivity index (χ4v) is 2.36. The zero-order valence-electron chi connectivity index (χ0n) is 12.8. The summed E-state index contributed by atoms with van der Waals surface area (Å²) >= 11 is 5.76. The van der Waals surface area contributed by atoms with Crippen LogP contribution in [0.3, 0.4) is 0 Å². The van der Waals surface area contributed by atoms with E-state index in [4.69, 9.17) is 16.0 Å². The summed E-state index contributed by atoms with van der Waals surface area (Å²) < 4.78 is 31.8. The van der Waals surface area contributed by atoms with E-state index in [9.17, 15) is 13.6 Å². The smallest absolute Gasteiger partial charge is 0.252 e. The lowest BCUT2D eigenvalue weighted by Crippen LogP contribution is -2.26. The van der Waals surface area contributed by atoms with Gasteiger partial charge in [-0.1, -0.05) is 29.8 Å². The molecule has 25 heavy (non-hydrogen) atoms. The molecule has 1 aromatic heterocycles. The van der Waals surface area contributed by atoms with Gasteiger partial charge in [-0.05, 0) is 24.3 Å². The second kappa shape index (κ2) is 7.40. The highest BCUT2D eigenvalue weighted by molar-refractivity contribution is 6.33. The highest BCUT2D eigenvalue weighted by Crippen LogP contribution is 2.20. The molecule has 0 radical (unpaired) electrons. The van der Waals surface area contributed by atoms with Gasteiger partial charge in [-0.15, -0.1) is 10.2 Å². The summed E-state index contributed by atoms with van der Waals surface area (Å²) in [5, 5.41) is 10.2. The number of hydrogen-bond acceptors (Lipinski definition) is 4. The average Bonchev–Trinajstić information content (AvgIpc) is 3.08. The summed E-state index contributed by atoms with van der Waals surface area (Å²) in [4.78, 5) is 12.0. The van der Waals surface area contributed by atoms with Crippen LogP contribution in [0.5, 0.6) is 0 Å². The minimum atomic E-state index is -1.14. The Kier molecular flexibility index (Phi) is 5.04. The summed E-state index contributed by atoms with van der Waals surface area (Å²) in [5.41, 5.74) is 0.648. The first-order chi connectivity index (χ1) is 12.0. The predicted octanol–water partition coefficient (Wildman–Crippen LogP) is 3.64. The van der Waals surface area contributed by atoms with E-state index in [1.54, 1.807) is 0 Å². The quantitative estimate of drug-likeness (QED) is 0.703. The molecule has 0 aliphatic carbocycles. The van der Waals surface area contributed by atoms with Gasteiger partial charge in [0.25, 0.3) is 5.91 Å². The lowest BCUT2D eigenvalue weighted by molar-refractivity contribution is 0.0953. The molecule has 3 aromatic rings. The monoisotopic (exact) mass is 363 g/mol. The van der Waals surface area contributed by atoms with Gasteiger partial charge in [0.05, 0.1) is 10.6 Å². The molecule has 0 unspecified atom stereocenters. The van der Waals surface area contributed by atoms with Crippen LogP contribution in [-0.4, -0.2) is 22.6 Å². The number of carbonyl (C=O) groups is 1. The van der Waals surface area contributed by atoms with Crippen LogP contribution < -0.4 is 5.32 Å². The van der Waals surface area contributed by atoms with Crippen molar-refractivity contribution >= 4 is 17.5 Å². The Labute approximate surface area is 146 Å². The maximum Gasteiger partial charge on any atom is 0.252 e. The Morgan fingerprint density at radius 3 is 2.60 bits per heavy atom. The van der Waals surface area contributed by atoms with Gasteiger partial charge in [-0.3, -0.25) is 4.79 Å². The van der Waals surface area contributed by atoms with E-state index in [0.717, 1.165) is 17.7 Å². The van der Waals surface area contributed by atoms with E-state index in [-0.39, 0.29) is 23.6 Å². The summed E-state index contributed by atoms with van der Waals surface area (Å²) in [7, 11) is 0. The Hall–Kier alpha value is -2.80. The van der Waals surface area contributed by atoms with Crippen molar-refractivity contribution in [1.82, 2.24) is 15.5 Å². The molecule has 0 aliphatic heterocycles. The number of benzene rings is 2. The van der Waals surface area contributed by atoms with Crippen LogP contribution in [0.1, 0.15) is 16.2 Å². The molecular weight excluding hydrogens is 352 g/mol. The standard InChI is InChI=1S/C17H12ClF2N3O2/c18-12-9-14(20)13(19)8-11(12)16(24)21-7-6-15-22-23-17(25-15)10-4-2-1-3-5-10/h1-5,8-9H,6-7H2,(H,21,24). The topological polar surface area (TPSA) is 68.0 Å². The Morgan fingerprint density at radius 1 is 1.12 bits per heavy atom. The van der Waals surface area contributed by atoms with Gasteiger partial charge in [-0.2, -0.15) is 0 Å². The largest absolute Gasteiger partial charge is 0.421 e. The second-order valence-corrected chi connectivity index (χ2v) is 5.53. The zero-order valence-corrected chi connectivity index (χ0v) is 13.6. The molecule has 2 aromatic carbocycles. The molecule has 128 valence electrons. The number of nitrogens with one attached hydrogen (secondary N) is 1. The van der Waals surface area contributed by atoms with Crippen LogP contribution in [0.2, 0.25) is 5.02 Å². The molecule has 1 amide bonds. The van der Waals surface area contributed by atoms with Gasteiger partial charge in [0.15, 0.2) is 11.6 Å². The van der Waals surface area contributed by atoms with Crippen molar-refractivity contribution < 1.29 is 18.0 Å². The first kappa shape index (κ1) is 17.0. The molecular formula is C17H12ClF2N3O2. The maximum absolute atomic E-state index is 13.2. The molecule has 1 heterocycles. The highest BCUT2D eigenvalue weighted by atomic mass is 35.5. The van der Waals surface area contributed by atoms with Crippen LogP contribution in [-0.2, 0) is 6.42 Å². The van der Waals surface area contributed by atoms with Crippen molar-refractivity contribution in [3.63, 3.8) is 0 Å². The van der Waals surface area contributed by atoms with E-state index in [2.05, 4.69) is 15.5 Å². The zero-order chi connectivity index (χ0) is 17.8. The van der Waals surface area contributed by atoms with Crippen LogP contribution in [0.25, 0.3) is 11.5 Å². The Balaban J connectivity index is 1.59. The molecule has 0 saturated heterocycles. The molecule has 0 saturated carbocycles. The van der Waals surface area contributed by atoms with Crippen molar-refractivity contribution in [2.45, 2.75) is 6.42 Å². The molecule has 0 aliphatic rings. The summed E-state index contributed by atoms with van der Waals surface area (Å²) in [6, 6.07) is 10.8. The van der Waals surface area contributed by atoms with Gasteiger partial charge in [0.1, 0.15) is 0 Å². The van der Waals surface area contributed by atoms with Crippen molar-refractivity contribution in [1.29, 1.82) is 0 Å². The van der Waals surface area contributed by atoms with E-state index in [1.165, 1.54) is 0 Å². The van der Waals surface area contributed by atoms with Crippen LogP contribution >= 0.6 is 11.6 Å². The average molecular weight is 364 g/mol. The summed E-state index contributed by atoms with van der Waals surface area (Å²) in [6.45, 7) is 0.171. The van der Waals surface area contributed by atoms with E-state index >= 15 is 0 Å². The van der Waals surface area contributed by atoms with Crippen LogP contribution in [0.4, 0.5) is 8.78 Å². The third-order valence-corrected chi connectivity index (χ3v) is 3.68. The number of amides is 1. The maximum atomic E-state index is 13.2. The molecule has 1 N–H and O–H groups in total. The number of rotatable bonds is 5. The molecule has 5 nitrogen and oxygen atoms in total. The Bertz CT molecular complexity index is 900.